The number of hydrogen-bond donors (Lipinski definition) is 2. The van der Waals surface area contributed by atoms with Crippen LogP contribution in [-0.2, 0) is 13.6 Å². The summed E-state index contributed by atoms with van der Waals surface area (Å²) < 4.78 is 19.5. The molecule has 0 saturated carbocycles. The highest BCUT2D eigenvalue weighted by molar-refractivity contribution is 6.73. The fraction of sp³-hybridized carbons (Fsp3) is 1.00. The molecule has 0 aliphatic carbocycles. The third kappa shape index (κ3) is 3.10. The van der Waals surface area contributed by atoms with Crippen LogP contribution in [0.2, 0.25) is 10.1 Å². The maximum atomic E-state index is 10.6. The van der Waals surface area contributed by atoms with Crippen LogP contribution in [0, 0.1) is 0 Å². The summed E-state index contributed by atoms with van der Waals surface area (Å²) in [7, 11) is -2.58. The Morgan fingerprint density at radius 3 is 2.08 bits per heavy atom. The highest BCUT2D eigenvalue weighted by Gasteiger charge is 2.66. The van der Waals surface area contributed by atoms with Crippen molar-refractivity contribution < 1.29 is 23.8 Å². The van der Waals surface area contributed by atoms with Crippen molar-refractivity contribution in [2.24, 2.45) is 0 Å². The summed E-state index contributed by atoms with van der Waals surface area (Å²) >= 11 is 0. The van der Waals surface area contributed by atoms with E-state index in [4.69, 9.17) is 13.6 Å². The first kappa shape index (κ1) is 20.3. The molecule has 6 heteroatoms. The van der Waals surface area contributed by atoms with Gasteiger partial charge in [-0.1, -0.05) is 41.5 Å². The average Bonchev–Trinajstić information content (AvgIpc) is 2.37. The second-order valence-corrected chi connectivity index (χ2v) is 14.7. The molecule has 2 aliphatic rings. The van der Waals surface area contributed by atoms with E-state index in [1.54, 1.807) is 0 Å². The number of rotatable bonds is 2. The fourth-order valence-corrected chi connectivity index (χ4v) is 9.62. The Morgan fingerprint density at radius 2 is 1.62 bits per heavy atom. The number of fused-ring (bicyclic) bond motifs is 1. The molecular weight excluding hydrogens is 324 g/mol. The van der Waals surface area contributed by atoms with Crippen molar-refractivity contribution in [1.82, 2.24) is 0 Å². The Labute approximate surface area is 147 Å². The van der Waals surface area contributed by atoms with Gasteiger partial charge in [0.25, 0.3) is 0 Å². The van der Waals surface area contributed by atoms with Crippen LogP contribution in [0.5, 0.6) is 0 Å². The van der Waals surface area contributed by atoms with E-state index in [2.05, 4.69) is 41.5 Å². The first-order chi connectivity index (χ1) is 10.7. The molecule has 2 rings (SSSR count). The van der Waals surface area contributed by atoms with E-state index in [9.17, 15) is 10.2 Å². The summed E-state index contributed by atoms with van der Waals surface area (Å²) in [5, 5.41) is 19.8. The van der Waals surface area contributed by atoms with Crippen molar-refractivity contribution in [3.8, 4) is 0 Å². The van der Waals surface area contributed by atoms with Gasteiger partial charge in [0, 0.05) is 29.5 Å². The maximum Gasteiger partial charge on any atom is 0.349 e. The molecule has 2 aliphatic heterocycles. The van der Waals surface area contributed by atoms with Gasteiger partial charge >= 0.3 is 8.56 Å². The lowest BCUT2D eigenvalue weighted by Gasteiger charge is -2.61. The molecule has 0 spiro atoms. The molecule has 0 aromatic heterocycles. The summed E-state index contributed by atoms with van der Waals surface area (Å²) in [5.41, 5.74) is -1.37. The van der Waals surface area contributed by atoms with E-state index in [0.717, 1.165) is 0 Å². The third-order valence-corrected chi connectivity index (χ3v) is 10.9. The number of ether oxygens (including phenoxy) is 1. The van der Waals surface area contributed by atoms with E-state index in [1.165, 1.54) is 0 Å². The van der Waals surface area contributed by atoms with Gasteiger partial charge in [0.1, 0.15) is 5.60 Å². The van der Waals surface area contributed by atoms with E-state index in [1.807, 2.05) is 13.8 Å². The van der Waals surface area contributed by atoms with Crippen LogP contribution in [-0.4, -0.2) is 55.4 Å². The maximum absolute atomic E-state index is 10.6. The summed E-state index contributed by atoms with van der Waals surface area (Å²) in [4.78, 5) is 0. The molecule has 24 heavy (non-hydrogen) atoms. The number of aliphatic hydroxyl groups is 2. The molecule has 0 radical (unpaired) electrons. The molecule has 2 heterocycles. The molecule has 5 nitrogen and oxygen atoms in total. The Balaban J connectivity index is 2.35. The second-order valence-electron chi connectivity index (χ2n) is 9.96. The second kappa shape index (κ2) is 6.03. The number of aliphatic hydroxyl groups excluding tert-OH is 2. The zero-order valence-electron chi connectivity index (χ0n) is 16.6. The van der Waals surface area contributed by atoms with Crippen molar-refractivity contribution in [2.75, 3.05) is 13.2 Å². The van der Waals surface area contributed by atoms with Crippen LogP contribution in [0.15, 0.2) is 0 Å². The topological polar surface area (TPSA) is 68.2 Å². The van der Waals surface area contributed by atoms with Crippen molar-refractivity contribution in [2.45, 2.75) is 102 Å². The van der Waals surface area contributed by atoms with E-state index >= 15 is 0 Å². The monoisotopic (exact) mass is 360 g/mol. The normalized spacial score (nSPS) is 40.2. The van der Waals surface area contributed by atoms with Gasteiger partial charge in [0.15, 0.2) is 0 Å². The lowest BCUT2D eigenvalue weighted by Crippen LogP contribution is -2.73. The van der Waals surface area contributed by atoms with Gasteiger partial charge < -0.3 is 23.8 Å². The quantitative estimate of drug-likeness (QED) is 0.741. The van der Waals surface area contributed by atoms with Gasteiger partial charge in [-0.25, -0.2) is 0 Å². The summed E-state index contributed by atoms with van der Waals surface area (Å²) in [6.07, 6.45) is 0.0556. The lowest BCUT2D eigenvalue weighted by molar-refractivity contribution is -0.288. The Morgan fingerprint density at radius 1 is 1.08 bits per heavy atom. The minimum absolute atomic E-state index is 0.0152. The average molecular weight is 361 g/mol. The van der Waals surface area contributed by atoms with Crippen LogP contribution < -0.4 is 0 Å². The molecule has 0 aromatic carbocycles. The van der Waals surface area contributed by atoms with Crippen molar-refractivity contribution in [1.29, 1.82) is 0 Å². The minimum atomic E-state index is -2.58. The predicted molar refractivity (Wildman–Crippen MR) is 96.2 cm³/mol. The van der Waals surface area contributed by atoms with Crippen molar-refractivity contribution in [3.05, 3.63) is 0 Å². The van der Waals surface area contributed by atoms with Crippen LogP contribution in [0.1, 0.15) is 68.2 Å². The fourth-order valence-electron chi connectivity index (χ4n) is 4.49. The van der Waals surface area contributed by atoms with Gasteiger partial charge in [0.05, 0.1) is 24.4 Å². The zero-order valence-corrected chi connectivity index (χ0v) is 17.6. The Hall–Kier alpha value is 0.0169. The zero-order chi connectivity index (χ0) is 18.6. The van der Waals surface area contributed by atoms with Crippen LogP contribution in [0.3, 0.4) is 0 Å². The van der Waals surface area contributed by atoms with Gasteiger partial charge in [0.2, 0.25) is 0 Å². The molecule has 2 N–H and O–H groups in total. The lowest BCUT2D eigenvalue weighted by atomic mass is 9.81. The van der Waals surface area contributed by atoms with Crippen molar-refractivity contribution >= 4 is 8.56 Å². The molecule has 4 atom stereocenters. The summed E-state index contributed by atoms with van der Waals surface area (Å²) in [5.74, 6) is 0. The van der Waals surface area contributed by atoms with Crippen molar-refractivity contribution in [3.63, 3.8) is 0 Å². The first-order valence-electron chi connectivity index (χ1n) is 9.02. The standard InChI is InChI=1S/C18H36O5Si/c1-15(2,3)24(16(4,5)6)21-12-18(8)14(22-24)11-13(20)17(7,23-18)9-10-19/h13-14,19-20H,9-12H2,1-8H3/t13-,14+,17+,18-/m1/s1. The predicted octanol–water partition coefficient (Wildman–Crippen LogP) is 3.13. The van der Waals surface area contributed by atoms with Gasteiger partial charge in [-0.05, 0) is 13.8 Å². The SMILES string of the molecule is CC(C)(C)[Si]1(C(C)(C)C)OC[C@@]2(C)O[C@@](C)(CCO)[C@H](O)C[C@@H]2O1. The molecule has 0 bridgehead atoms. The molecule has 0 unspecified atom stereocenters. The highest BCUT2D eigenvalue weighted by Crippen LogP contribution is 2.57. The van der Waals surface area contributed by atoms with Crippen LogP contribution in [0.4, 0.5) is 0 Å². The molecule has 0 amide bonds. The molecule has 142 valence electrons. The van der Waals surface area contributed by atoms with Gasteiger partial charge in [-0.15, -0.1) is 0 Å². The van der Waals surface area contributed by atoms with Crippen LogP contribution in [0.25, 0.3) is 0 Å². The van der Waals surface area contributed by atoms with E-state index in [0.29, 0.717) is 19.4 Å². The Bertz CT molecular complexity index is 455. The third-order valence-electron chi connectivity index (χ3n) is 5.74. The minimum Gasteiger partial charge on any atom is -0.396 e. The molecular formula is C18H36O5Si. The Kier molecular flexibility index (Phi) is 5.11. The largest absolute Gasteiger partial charge is 0.396 e. The molecule has 0 aromatic rings. The summed E-state index contributed by atoms with van der Waals surface area (Å²) in [6.45, 7) is 17.4. The smallest absolute Gasteiger partial charge is 0.349 e. The van der Waals surface area contributed by atoms with Crippen LogP contribution >= 0.6 is 0 Å². The van der Waals surface area contributed by atoms with Gasteiger partial charge in [-0.2, -0.15) is 0 Å². The number of hydrogen-bond acceptors (Lipinski definition) is 5. The highest BCUT2D eigenvalue weighted by atomic mass is 28.4. The van der Waals surface area contributed by atoms with Gasteiger partial charge in [-0.3, -0.25) is 0 Å². The van der Waals surface area contributed by atoms with E-state index < -0.39 is 25.9 Å². The van der Waals surface area contributed by atoms with E-state index in [-0.39, 0.29) is 22.8 Å². The summed E-state index contributed by atoms with van der Waals surface area (Å²) in [6, 6.07) is 0. The first-order valence-corrected chi connectivity index (χ1v) is 10.8. The molecule has 2 fully saturated rings. The molecule has 2 saturated heterocycles.